The molecule has 46 heavy (non-hydrogen) atoms. The zero-order valence-corrected chi connectivity index (χ0v) is 26.8. The number of hydrogen-bond acceptors (Lipinski definition) is 17. The molecule has 0 unspecified atom stereocenters. The van der Waals surface area contributed by atoms with Crippen LogP contribution < -0.4 is 0 Å². The predicted octanol–water partition coefficient (Wildman–Crippen LogP) is 0.225. The number of rotatable bonds is 12. The molecule has 2 heterocycles. The highest BCUT2D eigenvalue weighted by Gasteiger charge is 2.57. The number of carbonyl (C=O) groups is 7. The summed E-state index contributed by atoms with van der Waals surface area (Å²) in [6.45, 7) is 8.30. The molecule has 0 bridgehead atoms. The third kappa shape index (κ3) is 11.4. The maximum atomic E-state index is 12.3. The quantitative estimate of drug-likeness (QED) is 0.156. The van der Waals surface area contributed by atoms with Crippen LogP contribution in [-0.4, -0.2) is 116 Å². The number of carbonyl (C=O) groups excluding carboxylic acids is 7. The van der Waals surface area contributed by atoms with Crippen LogP contribution in [0.4, 0.5) is 0 Å². The first-order valence-corrected chi connectivity index (χ1v) is 14.3. The fraction of sp³-hybridized carbons (Fsp3) is 0.690. The molecule has 2 saturated heterocycles. The van der Waals surface area contributed by atoms with E-state index in [-0.39, 0.29) is 0 Å². The molecule has 0 amide bonds. The zero-order chi connectivity index (χ0) is 34.7. The summed E-state index contributed by atoms with van der Waals surface area (Å²) >= 11 is 0. The van der Waals surface area contributed by atoms with Crippen molar-refractivity contribution in [3.63, 3.8) is 0 Å². The van der Waals surface area contributed by atoms with Gasteiger partial charge < -0.3 is 47.4 Å². The van der Waals surface area contributed by atoms with Gasteiger partial charge in [0.1, 0.15) is 37.6 Å². The fourth-order valence-electron chi connectivity index (χ4n) is 4.89. The van der Waals surface area contributed by atoms with E-state index in [0.717, 1.165) is 48.5 Å². The van der Waals surface area contributed by atoms with Gasteiger partial charge in [-0.15, -0.1) is 0 Å². The summed E-state index contributed by atoms with van der Waals surface area (Å²) in [5, 5.41) is 0. The second-order valence-electron chi connectivity index (χ2n) is 10.3. The largest absolute Gasteiger partial charge is 0.463 e. The molecular formula is C29H40O17. The van der Waals surface area contributed by atoms with Gasteiger partial charge in [-0.25, -0.2) is 0 Å². The molecule has 0 radical (unpaired) electrons. The summed E-state index contributed by atoms with van der Waals surface area (Å²) in [5.41, 5.74) is 0. The van der Waals surface area contributed by atoms with Crippen LogP contribution in [0.5, 0.6) is 0 Å². The van der Waals surface area contributed by atoms with Crippen molar-refractivity contribution < 1.29 is 80.9 Å². The summed E-state index contributed by atoms with van der Waals surface area (Å²) in [5.74, 6) is -5.60. The number of ether oxygens (including phenoxy) is 10. The van der Waals surface area contributed by atoms with Gasteiger partial charge in [0.25, 0.3) is 0 Å². The maximum absolute atomic E-state index is 12.3. The molecule has 2 rings (SSSR count). The number of esters is 7. The van der Waals surface area contributed by atoms with Crippen molar-refractivity contribution in [2.45, 2.75) is 117 Å². The molecule has 0 aliphatic carbocycles. The number of hydrogen-bond donors (Lipinski definition) is 0. The molecule has 2 fully saturated rings. The standard InChI is InChI=1S/C29H40O17/c1-9-10-20-23(39-15(4)32)26(41-17(6)34)25(21(44-20)11-37-13(2)30)46-29-28(43-19(8)36)27(42-18(7)35)24(40-16(5)33)22(45-29)12-38-14(3)31/h9-10,20-29H,11-12H2,1-8H3/b10-9+/t20-,21-,22-,23+,24+,25-,26-,27+,28-,29+/m1/s1. The highest BCUT2D eigenvalue weighted by molar-refractivity contribution is 5.69. The van der Waals surface area contributed by atoms with Crippen molar-refractivity contribution in [3.8, 4) is 0 Å². The van der Waals surface area contributed by atoms with Crippen LogP contribution >= 0.6 is 0 Å². The lowest BCUT2D eigenvalue weighted by Gasteiger charge is -2.48. The van der Waals surface area contributed by atoms with Crippen LogP contribution in [0.3, 0.4) is 0 Å². The van der Waals surface area contributed by atoms with Crippen LogP contribution in [0.1, 0.15) is 55.4 Å². The SMILES string of the molecule is C/C=C/[C@H]1O[C@H](COC(C)=O)[C@@H](O[C@@H]2O[C@H](COC(C)=O)[C@H](OC(C)=O)[C@H](OC(C)=O)[C@H]2OC(C)=O)[C@H](OC(C)=O)[C@H]1OC(C)=O. The lowest BCUT2D eigenvalue weighted by Crippen LogP contribution is -2.67. The van der Waals surface area contributed by atoms with E-state index in [4.69, 9.17) is 47.4 Å². The Balaban J connectivity index is 2.72. The van der Waals surface area contributed by atoms with E-state index in [1.165, 1.54) is 6.08 Å². The lowest BCUT2D eigenvalue weighted by atomic mass is 9.93. The summed E-state index contributed by atoms with van der Waals surface area (Å²) < 4.78 is 56.0. The first-order valence-electron chi connectivity index (χ1n) is 14.3. The van der Waals surface area contributed by atoms with Gasteiger partial charge in [0, 0.05) is 48.5 Å². The van der Waals surface area contributed by atoms with E-state index in [1.54, 1.807) is 13.0 Å². The molecule has 0 aromatic carbocycles. The first-order chi connectivity index (χ1) is 21.5. The Morgan fingerprint density at radius 3 is 1.33 bits per heavy atom. The molecule has 2 aliphatic rings. The van der Waals surface area contributed by atoms with Gasteiger partial charge in [-0.2, -0.15) is 0 Å². The van der Waals surface area contributed by atoms with E-state index in [2.05, 4.69) is 0 Å². The summed E-state index contributed by atoms with van der Waals surface area (Å²) in [6, 6.07) is 0. The van der Waals surface area contributed by atoms with Crippen molar-refractivity contribution in [1.29, 1.82) is 0 Å². The third-order valence-electron chi connectivity index (χ3n) is 6.35. The van der Waals surface area contributed by atoms with E-state index < -0.39 is 116 Å². The Morgan fingerprint density at radius 2 is 0.891 bits per heavy atom. The Morgan fingerprint density at radius 1 is 0.500 bits per heavy atom. The van der Waals surface area contributed by atoms with E-state index in [9.17, 15) is 33.6 Å². The van der Waals surface area contributed by atoms with Crippen molar-refractivity contribution in [1.82, 2.24) is 0 Å². The van der Waals surface area contributed by atoms with Gasteiger partial charge >= 0.3 is 41.8 Å². The highest BCUT2D eigenvalue weighted by atomic mass is 16.8. The molecular weight excluding hydrogens is 620 g/mol. The smallest absolute Gasteiger partial charge is 0.303 e. The fourth-order valence-corrected chi connectivity index (χ4v) is 4.89. The monoisotopic (exact) mass is 660 g/mol. The van der Waals surface area contributed by atoms with Gasteiger partial charge in [0.15, 0.2) is 36.8 Å². The van der Waals surface area contributed by atoms with Crippen molar-refractivity contribution in [3.05, 3.63) is 12.2 Å². The molecule has 258 valence electrons. The molecule has 0 spiro atoms. The predicted molar refractivity (Wildman–Crippen MR) is 148 cm³/mol. The summed E-state index contributed by atoms with van der Waals surface area (Å²) in [7, 11) is 0. The molecule has 0 aromatic rings. The Labute approximate surface area is 265 Å². The summed E-state index contributed by atoms with van der Waals surface area (Å²) in [6.07, 6.45) is -11.1. The topological polar surface area (TPSA) is 212 Å². The minimum absolute atomic E-state index is 0.454. The number of allylic oxidation sites excluding steroid dienone is 1. The zero-order valence-electron chi connectivity index (χ0n) is 26.8. The molecule has 17 heteroatoms. The van der Waals surface area contributed by atoms with E-state index in [0.29, 0.717) is 0 Å². The van der Waals surface area contributed by atoms with Gasteiger partial charge in [0.2, 0.25) is 0 Å². The molecule has 17 nitrogen and oxygen atoms in total. The van der Waals surface area contributed by atoms with Gasteiger partial charge in [0.05, 0.1) is 0 Å². The Hall–Kier alpha value is -4.09. The minimum atomic E-state index is -1.73. The average molecular weight is 661 g/mol. The second-order valence-corrected chi connectivity index (χ2v) is 10.3. The molecule has 0 N–H and O–H groups in total. The van der Waals surface area contributed by atoms with Crippen LogP contribution in [-0.2, 0) is 80.9 Å². The minimum Gasteiger partial charge on any atom is -0.463 e. The average Bonchev–Trinajstić information content (AvgIpc) is 2.91. The van der Waals surface area contributed by atoms with Crippen LogP contribution in [0.2, 0.25) is 0 Å². The highest BCUT2D eigenvalue weighted by Crippen LogP contribution is 2.35. The van der Waals surface area contributed by atoms with Gasteiger partial charge in [-0.3, -0.25) is 33.6 Å². The van der Waals surface area contributed by atoms with Gasteiger partial charge in [-0.05, 0) is 6.92 Å². The first kappa shape index (κ1) is 38.1. The molecule has 0 saturated carbocycles. The van der Waals surface area contributed by atoms with Crippen LogP contribution in [0, 0.1) is 0 Å². The maximum Gasteiger partial charge on any atom is 0.303 e. The van der Waals surface area contributed by atoms with Crippen LogP contribution in [0.15, 0.2) is 12.2 Å². The lowest BCUT2D eigenvalue weighted by molar-refractivity contribution is -0.343. The summed E-state index contributed by atoms with van der Waals surface area (Å²) in [4.78, 5) is 84.5. The third-order valence-corrected chi connectivity index (χ3v) is 6.35. The van der Waals surface area contributed by atoms with E-state index in [1.807, 2.05) is 0 Å². The Bertz CT molecular complexity index is 1160. The second kappa shape index (κ2) is 17.6. The molecule has 10 atom stereocenters. The van der Waals surface area contributed by atoms with Crippen molar-refractivity contribution in [2.24, 2.45) is 0 Å². The molecule has 2 aliphatic heterocycles. The normalized spacial score (nSPS) is 30.8. The van der Waals surface area contributed by atoms with Gasteiger partial charge in [-0.1, -0.05) is 12.2 Å². The van der Waals surface area contributed by atoms with Crippen molar-refractivity contribution in [2.75, 3.05) is 13.2 Å². The van der Waals surface area contributed by atoms with Crippen molar-refractivity contribution >= 4 is 41.8 Å². The van der Waals surface area contributed by atoms with Crippen LogP contribution in [0.25, 0.3) is 0 Å². The molecule has 0 aromatic heterocycles. The Kier molecular flexibility index (Phi) is 14.5. The van der Waals surface area contributed by atoms with E-state index >= 15 is 0 Å².